The highest BCUT2D eigenvalue weighted by Crippen LogP contribution is 2.32. The van der Waals surface area contributed by atoms with Crippen molar-refractivity contribution in [3.8, 4) is 11.5 Å². The van der Waals surface area contributed by atoms with Crippen LogP contribution in [-0.2, 0) is 30.8 Å². The van der Waals surface area contributed by atoms with Crippen LogP contribution in [0.4, 0.5) is 0 Å². The molecule has 0 aliphatic carbocycles. The highest BCUT2D eigenvalue weighted by molar-refractivity contribution is 7.76. The topological polar surface area (TPSA) is 88.1 Å². The van der Waals surface area contributed by atoms with E-state index in [1.165, 1.54) is 4.31 Å². The van der Waals surface area contributed by atoms with Gasteiger partial charge in [0.1, 0.15) is 0 Å². The molecule has 0 aromatic heterocycles. The van der Waals surface area contributed by atoms with Crippen molar-refractivity contribution < 1.29 is 23.0 Å². The molecule has 0 bridgehead atoms. The lowest BCUT2D eigenvalue weighted by Gasteiger charge is -2.18. The van der Waals surface area contributed by atoms with Crippen LogP contribution in [0.2, 0.25) is 5.02 Å². The molecule has 2 N–H and O–H groups in total. The van der Waals surface area contributed by atoms with E-state index in [0.29, 0.717) is 41.6 Å². The Labute approximate surface area is 199 Å². The summed E-state index contributed by atoms with van der Waals surface area (Å²) in [6, 6.07) is 20.0. The van der Waals surface area contributed by atoms with Gasteiger partial charge in [-0.15, -0.1) is 0 Å². The third-order valence-corrected chi connectivity index (χ3v) is 6.40. The first-order valence-electron chi connectivity index (χ1n) is 10.3. The Kier molecular flexibility index (Phi) is 7.61. The fourth-order valence-electron chi connectivity index (χ4n) is 3.46. The molecule has 0 radical (unpaired) electrons. The number of nitrogens with zero attached hydrogens (tertiary/aromatic N) is 1. The monoisotopic (exact) mass is 486 g/mol. The lowest BCUT2D eigenvalue weighted by Crippen LogP contribution is -2.27. The van der Waals surface area contributed by atoms with Crippen LogP contribution < -0.4 is 14.8 Å². The standard InChI is InChI=1S/C24H23ClN2O5S/c25-21-4-2-1-3-19(21)11-12-27(33(29)30)15-17-5-8-20(9-6-17)24(28)26-14-18-7-10-22-23(13-18)32-16-31-22/h1-10,13H,11-12,14-16H2,(H,26,28)(H,29,30). The number of fused-ring (bicyclic) bond motifs is 1. The normalized spacial score (nSPS) is 13.2. The molecule has 1 unspecified atom stereocenters. The van der Waals surface area contributed by atoms with Crippen molar-refractivity contribution in [1.82, 2.24) is 9.62 Å². The molecule has 1 heterocycles. The fraction of sp³-hybridized carbons (Fsp3) is 0.208. The molecule has 3 aromatic carbocycles. The summed E-state index contributed by atoms with van der Waals surface area (Å²) in [6.07, 6.45) is 0.548. The van der Waals surface area contributed by atoms with Gasteiger partial charge in [0.25, 0.3) is 5.91 Å². The smallest absolute Gasteiger partial charge is 0.251 e. The van der Waals surface area contributed by atoms with Gasteiger partial charge in [-0.3, -0.25) is 9.35 Å². The van der Waals surface area contributed by atoms with Crippen molar-refractivity contribution in [2.24, 2.45) is 0 Å². The number of halogens is 1. The molecular formula is C24H23ClN2O5S. The number of hydrogen-bond donors (Lipinski definition) is 2. The van der Waals surface area contributed by atoms with Gasteiger partial charge in [-0.25, -0.2) is 4.21 Å². The second kappa shape index (κ2) is 10.8. The second-order valence-corrected chi connectivity index (χ2v) is 8.89. The molecule has 0 spiro atoms. The number of nitrogens with one attached hydrogen (secondary N) is 1. The van der Waals surface area contributed by atoms with Gasteiger partial charge >= 0.3 is 0 Å². The number of rotatable bonds is 9. The number of ether oxygens (including phenoxy) is 2. The Morgan fingerprint density at radius 1 is 1.03 bits per heavy atom. The average Bonchev–Trinajstić information content (AvgIpc) is 3.29. The number of carbonyl (C=O) groups is 1. The van der Waals surface area contributed by atoms with Crippen molar-refractivity contribution in [2.45, 2.75) is 19.5 Å². The molecule has 1 aliphatic rings. The van der Waals surface area contributed by atoms with E-state index in [9.17, 15) is 13.6 Å². The zero-order valence-electron chi connectivity index (χ0n) is 17.7. The maximum absolute atomic E-state index is 12.5. The van der Waals surface area contributed by atoms with Gasteiger partial charge in [-0.05, 0) is 53.4 Å². The minimum Gasteiger partial charge on any atom is -0.454 e. The van der Waals surface area contributed by atoms with Gasteiger partial charge in [0.2, 0.25) is 18.1 Å². The average molecular weight is 487 g/mol. The Hall–Kier alpha value is -2.91. The molecule has 0 saturated carbocycles. The van der Waals surface area contributed by atoms with Crippen LogP contribution in [-0.4, -0.2) is 32.3 Å². The number of carbonyl (C=O) groups excluding carboxylic acids is 1. The molecule has 1 amide bonds. The van der Waals surface area contributed by atoms with E-state index in [1.807, 2.05) is 36.4 Å². The van der Waals surface area contributed by atoms with E-state index in [2.05, 4.69) is 5.32 Å². The van der Waals surface area contributed by atoms with Crippen LogP contribution in [0.25, 0.3) is 0 Å². The largest absolute Gasteiger partial charge is 0.454 e. The Bertz CT molecular complexity index is 1160. The van der Waals surface area contributed by atoms with Crippen molar-refractivity contribution in [1.29, 1.82) is 0 Å². The molecule has 9 heteroatoms. The first-order chi connectivity index (χ1) is 16.0. The van der Waals surface area contributed by atoms with Gasteiger partial charge in [-0.1, -0.05) is 48.0 Å². The summed E-state index contributed by atoms with van der Waals surface area (Å²) in [4.78, 5) is 12.5. The predicted octanol–water partition coefficient (Wildman–Crippen LogP) is 4.18. The quantitative estimate of drug-likeness (QED) is 0.443. The summed E-state index contributed by atoms with van der Waals surface area (Å²) >= 11 is 4.05. The molecule has 0 saturated heterocycles. The van der Waals surface area contributed by atoms with E-state index < -0.39 is 11.3 Å². The lowest BCUT2D eigenvalue weighted by atomic mass is 10.1. The lowest BCUT2D eigenvalue weighted by molar-refractivity contribution is 0.0950. The van der Waals surface area contributed by atoms with Crippen molar-refractivity contribution in [3.63, 3.8) is 0 Å². The summed E-state index contributed by atoms with van der Waals surface area (Å²) in [5, 5.41) is 3.52. The molecule has 33 heavy (non-hydrogen) atoms. The Morgan fingerprint density at radius 2 is 1.76 bits per heavy atom. The van der Waals surface area contributed by atoms with Crippen molar-refractivity contribution in [3.05, 3.63) is 94.0 Å². The maximum Gasteiger partial charge on any atom is 0.251 e. The summed E-state index contributed by atoms with van der Waals surface area (Å²) < 4.78 is 33.6. The Morgan fingerprint density at radius 3 is 2.52 bits per heavy atom. The minimum absolute atomic E-state index is 0.207. The summed E-state index contributed by atoms with van der Waals surface area (Å²) in [5.41, 5.74) is 3.16. The first-order valence-corrected chi connectivity index (χ1v) is 11.8. The minimum atomic E-state index is -2.13. The second-order valence-electron chi connectivity index (χ2n) is 7.50. The van der Waals surface area contributed by atoms with Crippen molar-refractivity contribution >= 4 is 28.8 Å². The molecule has 1 aliphatic heterocycles. The number of amides is 1. The van der Waals surface area contributed by atoms with Gasteiger partial charge < -0.3 is 14.8 Å². The molecule has 172 valence electrons. The maximum atomic E-state index is 12.5. The number of benzene rings is 3. The van der Waals surface area contributed by atoms with E-state index in [4.69, 9.17) is 21.1 Å². The summed E-state index contributed by atoms with van der Waals surface area (Å²) in [7, 11) is 0. The molecular weight excluding hydrogens is 464 g/mol. The van der Waals surface area contributed by atoms with E-state index >= 15 is 0 Å². The van der Waals surface area contributed by atoms with Gasteiger partial charge in [0.15, 0.2) is 11.5 Å². The highest BCUT2D eigenvalue weighted by Gasteiger charge is 2.15. The van der Waals surface area contributed by atoms with Gasteiger partial charge in [0.05, 0.1) is 0 Å². The van der Waals surface area contributed by atoms with Gasteiger partial charge in [0, 0.05) is 30.2 Å². The third-order valence-electron chi connectivity index (χ3n) is 5.27. The fourth-order valence-corrected chi connectivity index (χ4v) is 4.20. The zero-order chi connectivity index (χ0) is 23.2. The molecule has 7 nitrogen and oxygen atoms in total. The van der Waals surface area contributed by atoms with E-state index in [-0.39, 0.29) is 19.2 Å². The van der Waals surface area contributed by atoms with Crippen molar-refractivity contribution in [2.75, 3.05) is 13.3 Å². The van der Waals surface area contributed by atoms with Crippen LogP contribution in [0.5, 0.6) is 11.5 Å². The van der Waals surface area contributed by atoms with Crippen LogP contribution in [0.3, 0.4) is 0 Å². The van der Waals surface area contributed by atoms with Crippen LogP contribution >= 0.6 is 11.6 Å². The predicted molar refractivity (Wildman–Crippen MR) is 127 cm³/mol. The molecule has 0 fully saturated rings. The van der Waals surface area contributed by atoms with Crippen LogP contribution in [0.1, 0.15) is 27.0 Å². The zero-order valence-corrected chi connectivity index (χ0v) is 19.3. The SMILES string of the molecule is O=C(NCc1ccc2c(c1)OCO2)c1ccc(CN(CCc2ccccc2Cl)S(=O)O)cc1. The third kappa shape index (κ3) is 6.11. The molecule has 3 aromatic rings. The Balaban J connectivity index is 1.32. The van der Waals surface area contributed by atoms with E-state index in [0.717, 1.165) is 16.7 Å². The molecule has 4 rings (SSSR count). The van der Waals surface area contributed by atoms with Crippen LogP contribution in [0, 0.1) is 0 Å². The highest BCUT2D eigenvalue weighted by atomic mass is 35.5. The van der Waals surface area contributed by atoms with Crippen LogP contribution in [0.15, 0.2) is 66.7 Å². The summed E-state index contributed by atoms with van der Waals surface area (Å²) in [6.45, 7) is 1.20. The number of hydrogen-bond acceptors (Lipinski definition) is 4. The van der Waals surface area contributed by atoms with E-state index in [1.54, 1.807) is 30.3 Å². The van der Waals surface area contributed by atoms with Gasteiger partial charge in [-0.2, -0.15) is 4.31 Å². The first kappa shape index (κ1) is 23.3. The summed E-state index contributed by atoms with van der Waals surface area (Å²) in [5.74, 6) is 1.16. The molecule has 1 atom stereocenters.